The summed E-state index contributed by atoms with van der Waals surface area (Å²) >= 11 is 1.31. The second-order valence-corrected chi connectivity index (χ2v) is 4.28. The molecule has 0 fully saturated rings. The molecule has 88 valence electrons. The van der Waals surface area contributed by atoms with Crippen molar-refractivity contribution in [3.05, 3.63) is 52.2 Å². The first kappa shape index (κ1) is 11.9. The second kappa shape index (κ2) is 4.71. The highest BCUT2D eigenvalue weighted by Gasteiger charge is 2.11. The molecule has 3 nitrogen and oxygen atoms in total. The standard InChI is InChI=1S/C12H11FN2OS/c1-8-7-11(16)15(12(14-8)17-2)10-6-4-3-5-9(10)13/h3-7H,1-2H3. The first-order valence-corrected chi connectivity index (χ1v) is 6.25. The summed E-state index contributed by atoms with van der Waals surface area (Å²) in [4.78, 5) is 16.1. The molecule has 0 bridgehead atoms. The quantitative estimate of drug-likeness (QED) is 0.606. The van der Waals surface area contributed by atoms with Crippen LogP contribution in [0.4, 0.5) is 4.39 Å². The van der Waals surface area contributed by atoms with Crippen LogP contribution in [0.2, 0.25) is 0 Å². The summed E-state index contributed by atoms with van der Waals surface area (Å²) in [6, 6.07) is 7.56. The maximum absolute atomic E-state index is 13.7. The molecule has 0 aliphatic rings. The van der Waals surface area contributed by atoms with Crippen LogP contribution in [0.3, 0.4) is 0 Å². The zero-order valence-electron chi connectivity index (χ0n) is 9.48. The number of thioether (sulfide) groups is 1. The van der Waals surface area contributed by atoms with Crippen molar-refractivity contribution in [2.45, 2.75) is 12.1 Å². The minimum atomic E-state index is -0.435. The van der Waals surface area contributed by atoms with Crippen molar-refractivity contribution in [3.63, 3.8) is 0 Å². The fourth-order valence-electron chi connectivity index (χ4n) is 1.56. The molecule has 17 heavy (non-hydrogen) atoms. The number of aromatic nitrogens is 2. The summed E-state index contributed by atoms with van der Waals surface area (Å²) in [7, 11) is 0. The van der Waals surface area contributed by atoms with Crippen molar-refractivity contribution in [1.29, 1.82) is 0 Å². The van der Waals surface area contributed by atoms with Crippen molar-refractivity contribution >= 4 is 11.8 Å². The van der Waals surface area contributed by atoms with Gasteiger partial charge in [0.05, 0.1) is 5.69 Å². The number of aryl methyl sites for hydroxylation is 1. The summed E-state index contributed by atoms with van der Waals surface area (Å²) in [6.45, 7) is 1.74. The van der Waals surface area contributed by atoms with Gasteiger partial charge in [-0.15, -0.1) is 0 Å². The van der Waals surface area contributed by atoms with E-state index in [9.17, 15) is 9.18 Å². The molecule has 0 radical (unpaired) electrons. The van der Waals surface area contributed by atoms with Crippen LogP contribution < -0.4 is 5.56 Å². The van der Waals surface area contributed by atoms with E-state index >= 15 is 0 Å². The van der Waals surface area contributed by atoms with Crippen LogP contribution in [0.5, 0.6) is 0 Å². The van der Waals surface area contributed by atoms with Crippen LogP contribution in [0.25, 0.3) is 5.69 Å². The third-order valence-corrected chi connectivity index (χ3v) is 2.93. The Labute approximate surface area is 102 Å². The molecule has 1 aromatic heterocycles. The number of nitrogens with zero attached hydrogens (tertiary/aromatic N) is 2. The van der Waals surface area contributed by atoms with E-state index in [1.807, 2.05) is 0 Å². The van der Waals surface area contributed by atoms with Crippen LogP contribution >= 0.6 is 11.8 Å². The maximum Gasteiger partial charge on any atom is 0.259 e. The average molecular weight is 250 g/mol. The third-order valence-electron chi connectivity index (χ3n) is 2.29. The van der Waals surface area contributed by atoms with Gasteiger partial charge in [-0.1, -0.05) is 23.9 Å². The van der Waals surface area contributed by atoms with Crippen molar-refractivity contribution in [2.75, 3.05) is 6.26 Å². The van der Waals surface area contributed by atoms with Gasteiger partial charge in [-0.2, -0.15) is 0 Å². The maximum atomic E-state index is 13.7. The number of halogens is 1. The molecular formula is C12H11FN2OS. The molecule has 0 atom stereocenters. The van der Waals surface area contributed by atoms with Crippen LogP contribution in [0, 0.1) is 12.7 Å². The van der Waals surface area contributed by atoms with E-state index in [0.717, 1.165) is 0 Å². The Kier molecular flexibility index (Phi) is 3.28. The monoisotopic (exact) mass is 250 g/mol. The number of hydrogen-bond donors (Lipinski definition) is 0. The van der Waals surface area contributed by atoms with Gasteiger partial charge in [0.2, 0.25) is 0 Å². The first-order chi connectivity index (χ1) is 8.13. The molecule has 5 heteroatoms. The van der Waals surface area contributed by atoms with Gasteiger partial charge >= 0.3 is 0 Å². The number of hydrogen-bond acceptors (Lipinski definition) is 3. The lowest BCUT2D eigenvalue weighted by atomic mass is 10.3. The smallest absolute Gasteiger partial charge is 0.259 e. The van der Waals surface area contributed by atoms with E-state index in [1.165, 1.54) is 28.5 Å². The predicted octanol–water partition coefficient (Wildman–Crippen LogP) is 2.40. The lowest BCUT2D eigenvalue weighted by Gasteiger charge is -2.11. The Bertz CT molecular complexity index is 610. The minimum Gasteiger partial charge on any atom is -0.269 e. The van der Waals surface area contributed by atoms with Gasteiger partial charge in [0, 0.05) is 11.8 Å². The van der Waals surface area contributed by atoms with Gasteiger partial charge in [0.25, 0.3) is 5.56 Å². The summed E-state index contributed by atoms with van der Waals surface area (Å²) in [6.07, 6.45) is 1.80. The molecule has 0 spiro atoms. The van der Waals surface area contributed by atoms with Crippen molar-refractivity contribution in [1.82, 2.24) is 9.55 Å². The Morgan fingerprint density at radius 3 is 2.71 bits per heavy atom. The van der Waals surface area contributed by atoms with Gasteiger partial charge in [-0.3, -0.25) is 9.36 Å². The zero-order valence-corrected chi connectivity index (χ0v) is 10.3. The van der Waals surface area contributed by atoms with Crippen LogP contribution in [0.1, 0.15) is 5.69 Å². The molecule has 0 N–H and O–H groups in total. The highest BCUT2D eigenvalue weighted by atomic mass is 32.2. The average Bonchev–Trinajstić information content (AvgIpc) is 2.29. The van der Waals surface area contributed by atoms with E-state index < -0.39 is 5.82 Å². The van der Waals surface area contributed by atoms with Gasteiger partial charge in [-0.05, 0) is 25.3 Å². The first-order valence-electron chi connectivity index (χ1n) is 5.03. The molecule has 1 aromatic carbocycles. The number of para-hydroxylation sites is 1. The van der Waals surface area contributed by atoms with Gasteiger partial charge in [0.1, 0.15) is 5.82 Å². The van der Waals surface area contributed by atoms with E-state index in [2.05, 4.69) is 4.98 Å². The topological polar surface area (TPSA) is 34.9 Å². The lowest BCUT2D eigenvalue weighted by molar-refractivity contribution is 0.605. The fourth-order valence-corrected chi connectivity index (χ4v) is 2.17. The fraction of sp³-hybridized carbons (Fsp3) is 0.167. The van der Waals surface area contributed by atoms with E-state index in [4.69, 9.17) is 0 Å². The Balaban J connectivity index is 2.76. The summed E-state index contributed by atoms with van der Waals surface area (Å²) in [5, 5.41) is 0.486. The molecule has 2 aromatic rings. The summed E-state index contributed by atoms with van der Waals surface area (Å²) in [5.41, 5.74) is 0.591. The highest BCUT2D eigenvalue weighted by Crippen LogP contribution is 2.17. The van der Waals surface area contributed by atoms with Crippen molar-refractivity contribution in [3.8, 4) is 5.69 Å². The van der Waals surface area contributed by atoms with Gasteiger partial charge in [0.15, 0.2) is 5.16 Å². The van der Waals surface area contributed by atoms with Crippen LogP contribution in [-0.2, 0) is 0 Å². The highest BCUT2D eigenvalue weighted by molar-refractivity contribution is 7.98. The Morgan fingerprint density at radius 1 is 1.35 bits per heavy atom. The molecule has 0 saturated carbocycles. The van der Waals surface area contributed by atoms with E-state index in [1.54, 1.807) is 31.4 Å². The minimum absolute atomic E-state index is 0.231. The second-order valence-electron chi connectivity index (χ2n) is 3.51. The van der Waals surface area contributed by atoms with Gasteiger partial charge in [-0.25, -0.2) is 9.37 Å². The van der Waals surface area contributed by atoms with Crippen molar-refractivity contribution in [2.24, 2.45) is 0 Å². The summed E-state index contributed by atoms with van der Waals surface area (Å²) < 4.78 is 15.0. The number of rotatable bonds is 2. The molecular weight excluding hydrogens is 239 g/mol. The summed E-state index contributed by atoms with van der Waals surface area (Å²) in [5.74, 6) is -0.435. The normalized spacial score (nSPS) is 10.5. The third kappa shape index (κ3) is 2.24. The number of benzene rings is 1. The van der Waals surface area contributed by atoms with Crippen molar-refractivity contribution < 1.29 is 4.39 Å². The molecule has 0 amide bonds. The van der Waals surface area contributed by atoms with E-state index in [-0.39, 0.29) is 11.2 Å². The molecule has 0 unspecified atom stereocenters. The lowest BCUT2D eigenvalue weighted by Crippen LogP contribution is -2.22. The largest absolute Gasteiger partial charge is 0.269 e. The van der Waals surface area contributed by atoms with Crippen LogP contribution in [-0.4, -0.2) is 15.8 Å². The van der Waals surface area contributed by atoms with Crippen LogP contribution in [0.15, 0.2) is 40.3 Å². The molecule has 2 rings (SSSR count). The SMILES string of the molecule is CSc1nc(C)cc(=O)n1-c1ccccc1F. The van der Waals surface area contributed by atoms with Gasteiger partial charge < -0.3 is 0 Å². The predicted molar refractivity (Wildman–Crippen MR) is 66.3 cm³/mol. The zero-order chi connectivity index (χ0) is 12.4. The Hall–Kier alpha value is -1.62. The molecule has 1 heterocycles. The molecule has 0 aliphatic carbocycles. The van der Waals surface area contributed by atoms with E-state index in [0.29, 0.717) is 10.9 Å². The molecule has 0 saturated heterocycles. The molecule has 0 aliphatic heterocycles. The Morgan fingerprint density at radius 2 is 2.06 bits per heavy atom.